The zero-order valence-corrected chi connectivity index (χ0v) is 9.18. The van der Waals surface area contributed by atoms with Crippen molar-refractivity contribution in [3.8, 4) is 0 Å². The molecule has 1 aromatic carbocycles. The Kier molecular flexibility index (Phi) is 2.45. The van der Waals surface area contributed by atoms with E-state index in [0.29, 0.717) is 5.56 Å². The molecule has 1 amide bonds. The van der Waals surface area contributed by atoms with Crippen LogP contribution in [0.3, 0.4) is 0 Å². The molecule has 86 valence electrons. The molecule has 0 saturated carbocycles. The lowest BCUT2D eigenvalue weighted by Crippen LogP contribution is -2.38. The second kappa shape index (κ2) is 3.54. The summed E-state index contributed by atoms with van der Waals surface area (Å²) in [5.74, 6) is -1.54. The molecule has 4 heteroatoms. The highest BCUT2D eigenvalue weighted by Crippen LogP contribution is 2.37. The Balaban J connectivity index is 2.41. The topological polar surface area (TPSA) is 29.1 Å². The van der Waals surface area contributed by atoms with Gasteiger partial charge in [-0.2, -0.15) is 0 Å². The minimum absolute atomic E-state index is 0.0984. The van der Waals surface area contributed by atoms with Crippen LogP contribution in [0.1, 0.15) is 31.7 Å². The zero-order valence-electron chi connectivity index (χ0n) is 9.18. The van der Waals surface area contributed by atoms with Crippen LogP contribution in [-0.4, -0.2) is 11.4 Å². The van der Waals surface area contributed by atoms with Crippen molar-refractivity contribution < 1.29 is 13.6 Å². The van der Waals surface area contributed by atoms with Gasteiger partial charge in [0.2, 0.25) is 5.91 Å². The van der Waals surface area contributed by atoms with Crippen LogP contribution in [0.15, 0.2) is 18.2 Å². The van der Waals surface area contributed by atoms with Gasteiger partial charge in [0, 0.05) is 23.9 Å². The molecule has 1 N–H and O–H groups in total. The van der Waals surface area contributed by atoms with Gasteiger partial charge in [-0.25, -0.2) is 8.78 Å². The predicted octanol–water partition coefficient (Wildman–Crippen LogP) is 2.35. The van der Waals surface area contributed by atoms with Gasteiger partial charge in [-0.15, -0.1) is 0 Å². The normalized spacial score (nSPS) is 23.2. The number of benzene rings is 1. The molecule has 0 aromatic heterocycles. The van der Waals surface area contributed by atoms with Gasteiger partial charge in [0.25, 0.3) is 0 Å². The number of hydrogen-bond acceptors (Lipinski definition) is 1. The summed E-state index contributed by atoms with van der Waals surface area (Å²) in [7, 11) is 0. The van der Waals surface area contributed by atoms with Crippen LogP contribution in [0.2, 0.25) is 0 Å². The number of hydrogen-bond donors (Lipinski definition) is 1. The van der Waals surface area contributed by atoms with Crippen LogP contribution < -0.4 is 5.32 Å². The third-order valence-corrected chi connectivity index (χ3v) is 3.06. The lowest BCUT2D eigenvalue weighted by atomic mass is 9.83. The molecule has 1 aromatic rings. The fraction of sp³-hybridized carbons (Fsp3) is 0.417. The van der Waals surface area contributed by atoms with E-state index < -0.39 is 17.2 Å². The average molecular weight is 225 g/mol. The standard InChI is InChI=1S/C12H13F2NO/c1-12(2)9(6-11(16)15-12)8-4-3-7(13)5-10(8)14/h3-5,9H,6H2,1-2H3,(H,15,16). The summed E-state index contributed by atoms with van der Waals surface area (Å²) in [6.45, 7) is 3.68. The molecule has 1 fully saturated rings. The number of amides is 1. The molecule has 0 spiro atoms. The minimum Gasteiger partial charge on any atom is -0.351 e. The van der Waals surface area contributed by atoms with E-state index in [0.717, 1.165) is 6.07 Å². The van der Waals surface area contributed by atoms with Crippen molar-refractivity contribution in [3.63, 3.8) is 0 Å². The Labute approximate surface area is 92.7 Å². The largest absolute Gasteiger partial charge is 0.351 e. The molecule has 2 nitrogen and oxygen atoms in total. The molecule has 1 saturated heterocycles. The van der Waals surface area contributed by atoms with Crippen molar-refractivity contribution in [1.82, 2.24) is 5.32 Å². The molecule has 0 bridgehead atoms. The van der Waals surface area contributed by atoms with E-state index >= 15 is 0 Å². The molecule has 1 aliphatic heterocycles. The highest BCUT2D eigenvalue weighted by atomic mass is 19.1. The first-order valence-electron chi connectivity index (χ1n) is 5.16. The Morgan fingerprint density at radius 2 is 2.06 bits per heavy atom. The van der Waals surface area contributed by atoms with Crippen LogP contribution in [0, 0.1) is 11.6 Å². The van der Waals surface area contributed by atoms with Crippen LogP contribution >= 0.6 is 0 Å². The second-order valence-corrected chi connectivity index (χ2v) is 4.69. The predicted molar refractivity (Wildman–Crippen MR) is 55.9 cm³/mol. The molecule has 2 rings (SSSR count). The molecular weight excluding hydrogens is 212 g/mol. The lowest BCUT2D eigenvalue weighted by molar-refractivity contribution is -0.119. The molecule has 1 unspecified atom stereocenters. The first-order chi connectivity index (χ1) is 7.40. The number of rotatable bonds is 1. The van der Waals surface area contributed by atoms with Crippen molar-refractivity contribution in [2.75, 3.05) is 0 Å². The van der Waals surface area contributed by atoms with Crippen molar-refractivity contribution in [2.45, 2.75) is 31.7 Å². The van der Waals surface area contributed by atoms with Gasteiger partial charge in [-0.3, -0.25) is 4.79 Å². The van der Waals surface area contributed by atoms with Crippen LogP contribution in [0.4, 0.5) is 8.78 Å². The maximum Gasteiger partial charge on any atom is 0.221 e. The SMILES string of the molecule is CC1(C)NC(=O)CC1c1ccc(F)cc1F. The number of halogens is 2. The number of carbonyl (C=O) groups excluding carboxylic acids is 1. The Bertz CT molecular complexity index is 443. The first kappa shape index (κ1) is 11.0. The molecule has 0 radical (unpaired) electrons. The monoisotopic (exact) mass is 225 g/mol. The molecule has 16 heavy (non-hydrogen) atoms. The summed E-state index contributed by atoms with van der Waals surface area (Å²) in [5, 5.41) is 2.78. The van der Waals surface area contributed by atoms with Gasteiger partial charge in [0.1, 0.15) is 11.6 Å². The molecule has 1 atom stereocenters. The fourth-order valence-corrected chi connectivity index (χ4v) is 2.22. The first-order valence-corrected chi connectivity index (χ1v) is 5.16. The molecular formula is C12H13F2NO. The van der Waals surface area contributed by atoms with E-state index in [1.807, 2.05) is 13.8 Å². The quantitative estimate of drug-likeness (QED) is 0.781. The molecule has 1 heterocycles. The van der Waals surface area contributed by atoms with E-state index in [1.54, 1.807) is 0 Å². The van der Waals surface area contributed by atoms with Gasteiger partial charge in [0.05, 0.1) is 0 Å². The zero-order chi connectivity index (χ0) is 11.9. The van der Waals surface area contributed by atoms with E-state index in [-0.39, 0.29) is 18.2 Å². The van der Waals surface area contributed by atoms with Crippen LogP contribution in [-0.2, 0) is 4.79 Å². The van der Waals surface area contributed by atoms with E-state index in [9.17, 15) is 13.6 Å². The lowest BCUT2D eigenvalue weighted by Gasteiger charge is -2.26. The van der Waals surface area contributed by atoms with Crippen LogP contribution in [0.5, 0.6) is 0 Å². The van der Waals surface area contributed by atoms with Crippen molar-refractivity contribution in [2.24, 2.45) is 0 Å². The minimum atomic E-state index is -0.601. The smallest absolute Gasteiger partial charge is 0.221 e. The highest BCUT2D eigenvalue weighted by molar-refractivity contribution is 5.81. The maximum atomic E-state index is 13.6. The summed E-state index contributed by atoms with van der Waals surface area (Å²) in [5.41, 5.74) is -0.0970. The van der Waals surface area contributed by atoms with Crippen molar-refractivity contribution in [3.05, 3.63) is 35.4 Å². The summed E-state index contributed by atoms with van der Waals surface area (Å²) >= 11 is 0. The van der Waals surface area contributed by atoms with E-state index in [2.05, 4.69) is 5.32 Å². The molecule has 0 aliphatic carbocycles. The van der Waals surface area contributed by atoms with Crippen LogP contribution in [0.25, 0.3) is 0 Å². The van der Waals surface area contributed by atoms with E-state index in [1.165, 1.54) is 12.1 Å². The fourth-order valence-electron chi connectivity index (χ4n) is 2.22. The summed E-state index contributed by atoms with van der Waals surface area (Å²) in [4.78, 5) is 11.3. The van der Waals surface area contributed by atoms with Crippen molar-refractivity contribution >= 4 is 5.91 Å². The Morgan fingerprint density at radius 3 is 2.56 bits per heavy atom. The number of nitrogens with one attached hydrogen (secondary N) is 1. The number of carbonyl (C=O) groups is 1. The van der Waals surface area contributed by atoms with Gasteiger partial charge in [0.15, 0.2) is 0 Å². The van der Waals surface area contributed by atoms with Gasteiger partial charge in [-0.1, -0.05) is 6.07 Å². The Morgan fingerprint density at radius 1 is 1.38 bits per heavy atom. The van der Waals surface area contributed by atoms with Gasteiger partial charge < -0.3 is 5.32 Å². The van der Waals surface area contributed by atoms with Crippen molar-refractivity contribution in [1.29, 1.82) is 0 Å². The second-order valence-electron chi connectivity index (χ2n) is 4.69. The highest BCUT2D eigenvalue weighted by Gasteiger charge is 2.41. The summed E-state index contributed by atoms with van der Waals surface area (Å²) in [6, 6.07) is 3.49. The third-order valence-electron chi connectivity index (χ3n) is 3.06. The molecule has 1 aliphatic rings. The van der Waals surface area contributed by atoms with Gasteiger partial charge >= 0.3 is 0 Å². The summed E-state index contributed by atoms with van der Waals surface area (Å²) in [6.07, 6.45) is 0.246. The van der Waals surface area contributed by atoms with Gasteiger partial charge in [-0.05, 0) is 25.5 Å². The average Bonchev–Trinajstić information content (AvgIpc) is 2.39. The maximum absolute atomic E-state index is 13.6. The third kappa shape index (κ3) is 1.79. The summed E-state index contributed by atoms with van der Waals surface area (Å²) < 4.78 is 26.4. The van der Waals surface area contributed by atoms with E-state index in [4.69, 9.17) is 0 Å². The Hall–Kier alpha value is -1.45.